The third kappa shape index (κ3) is 4.62. The van der Waals surface area contributed by atoms with Crippen LogP contribution in [0.2, 0.25) is 0 Å². The predicted molar refractivity (Wildman–Crippen MR) is 79.0 cm³/mol. The Morgan fingerprint density at radius 2 is 1.68 bits per heavy atom. The highest BCUT2D eigenvalue weighted by Crippen LogP contribution is 2.31. The van der Waals surface area contributed by atoms with E-state index >= 15 is 0 Å². The van der Waals surface area contributed by atoms with Gasteiger partial charge in [-0.05, 0) is 43.4 Å². The van der Waals surface area contributed by atoms with Crippen LogP contribution in [-0.4, -0.2) is 13.2 Å². The number of fused-ring (bicyclic) bond motifs is 1. The minimum absolute atomic E-state index is 0.664. The van der Waals surface area contributed by atoms with E-state index in [4.69, 9.17) is 9.47 Å². The molecular weight excluding hydrogens is 236 g/mol. The molecule has 2 nitrogen and oxygen atoms in total. The topological polar surface area (TPSA) is 18.5 Å². The molecule has 19 heavy (non-hydrogen) atoms. The second kappa shape index (κ2) is 7.88. The number of hydrogen-bond donors (Lipinski definition) is 0. The summed E-state index contributed by atoms with van der Waals surface area (Å²) >= 11 is 0. The van der Waals surface area contributed by atoms with Crippen molar-refractivity contribution in [3.05, 3.63) is 36.4 Å². The van der Waals surface area contributed by atoms with Crippen molar-refractivity contribution in [2.45, 2.75) is 44.9 Å². The van der Waals surface area contributed by atoms with Gasteiger partial charge in [-0.15, -0.1) is 6.58 Å². The molecule has 0 aliphatic carbocycles. The number of ether oxygens (including phenoxy) is 2. The van der Waals surface area contributed by atoms with Gasteiger partial charge in [-0.3, -0.25) is 0 Å². The molecule has 2 rings (SSSR count). The highest BCUT2D eigenvalue weighted by molar-refractivity contribution is 5.43. The van der Waals surface area contributed by atoms with Gasteiger partial charge in [0.15, 0.2) is 11.5 Å². The van der Waals surface area contributed by atoms with Gasteiger partial charge in [0.05, 0.1) is 0 Å². The minimum Gasteiger partial charge on any atom is -0.486 e. The predicted octanol–water partition coefficient (Wildman–Crippen LogP) is 4.53. The molecule has 0 bridgehead atoms. The molecule has 0 fully saturated rings. The highest BCUT2D eigenvalue weighted by Gasteiger charge is 2.11. The van der Waals surface area contributed by atoms with Gasteiger partial charge in [-0.2, -0.15) is 0 Å². The summed E-state index contributed by atoms with van der Waals surface area (Å²) in [5, 5.41) is 0. The summed E-state index contributed by atoms with van der Waals surface area (Å²) in [5.41, 5.74) is 1.36. The lowest BCUT2D eigenvalue weighted by atomic mass is 10.0. The van der Waals surface area contributed by atoms with Crippen LogP contribution in [0.4, 0.5) is 0 Å². The molecule has 2 heteroatoms. The first-order chi connectivity index (χ1) is 9.40. The maximum atomic E-state index is 5.60. The van der Waals surface area contributed by atoms with Gasteiger partial charge in [-0.25, -0.2) is 0 Å². The molecule has 0 aromatic heterocycles. The standard InChI is InChI=1S/C17H24O2/c1-2-3-4-5-6-7-8-9-15-10-11-16-17(14-15)19-13-12-18-16/h2,10-11,14H,1,3-9,12-13H2. The van der Waals surface area contributed by atoms with Crippen LogP contribution in [-0.2, 0) is 6.42 Å². The zero-order valence-corrected chi connectivity index (χ0v) is 11.7. The van der Waals surface area contributed by atoms with Crippen LogP contribution in [0.25, 0.3) is 0 Å². The van der Waals surface area contributed by atoms with Gasteiger partial charge in [0.25, 0.3) is 0 Å². The van der Waals surface area contributed by atoms with E-state index < -0.39 is 0 Å². The van der Waals surface area contributed by atoms with Crippen LogP contribution < -0.4 is 9.47 Å². The van der Waals surface area contributed by atoms with Crippen molar-refractivity contribution in [3.8, 4) is 11.5 Å². The summed E-state index contributed by atoms with van der Waals surface area (Å²) in [5.74, 6) is 1.80. The molecule has 104 valence electrons. The van der Waals surface area contributed by atoms with Crippen LogP contribution in [0.3, 0.4) is 0 Å². The lowest BCUT2D eigenvalue weighted by Crippen LogP contribution is -2.15. The normalized spacial score (nSPS) is 13.3. The first-order valence-electron chi connectivity index (χ1n) is 7.39. The molecule has 0 saturated heterocycles. The van der Waals surface area contributed by atoms with Crippen molar-refractivity contribution >= 4 is 0 Å². The molecule has 1 aromatic rings. The maximum Gasteiger partial charge on any atom is 0.161 e. The first kappa shape index (κ1) is 14.0. The zero-order chi connectivity index (χ0) is 13.3. The SMILES string of the molecule is C=CCCCCCCCc1ccc2c(c1)OCCO2. The van der Waals surface area contributed by atoms with E-state index in [1.807, 2.05) is 12.1 Å². The summed E-state index contributed by atoms with van der Waals surface area (Å²) in [6.07, 6.45) is 10.8. The van der Waals surface area contributed by atoms with Crippen molar-refractivity contribution in [3.63, 3.8) is 0 Å². The molecule has 0 radical (unpaired) electrons. The Morgan fingerprint density at radius 1 is 0.947 bits per heavy atom. The molecule has 0 spiro atoms. The maximum absolute atomic E-state index is 5.60. The average Bonchev–Trinajstić information content (AvgIpc) is 2.46. The summed E-state index contributed by atoms with van der Waals surface area (Å²) in [6.45, 7) is 5.08. The van der Waals surface area contributed by atoms with Crippen LogP contribution in [0, 0.1) is 0 Å². The van der Waals surface area contributed by atoms with Crippen molar-refractivity contribution < 1.29 is 9.47 Å². The highest BCUT2D eigenvalue weighted by atomic mass is 16.6. The number of unbranched alkanes of at least 4 members (excludes halogenated alkanes) is 5. The Hall–Kier alpha value is -1.44. The molecule has 0 atom stereocenters. The summed E-state index contributed by atoms with van der Waals surface area (Å²) < 4.78 is 11.1. The van der Waals surface area contributed by atoms with Gasteiger partial charge >= 0.3 is 0 Å². The van der Waals surface area contributed by atoms with Gasteiger partial charge in [0.1, 0.15) is 13.2 Å². The van der Waals surface area contributed by atoms with Gasteiger partial charge in [0, 0.05) is 0 Å². The molecule has 1 aromatic carbocycles. The summed E-state index contributed by atoms with van der Waals surface area (Å²) in [7, 11) is 0. The number of benzene rings is 1. The van der Waals surface area contributed by atoms with Crippen molar-refractivity contribution in [1.82, 2.24) is 0 Å². The Labute approximate surface area is 116 Å². The zero-order valence-electron chi connectivity index (χ0n) is 11.7. The van der Waals surface area contributed by atoms with Crippen LogP contribution in [0.1, 0.15) is 44.1 Å². The number of aryl methyl sites for hydroxylation is 1. The quantitative estimate of drug-likeness (QED) is 0.505. The third-order valence-electron chi connectivity index (χ3n) is 3.48. The third-order valence-corrected chi connectivity index (χ3v) is 3.48. The molecule has 0 saturated carbocycles. The van der Waals surface area contributed by atoms with Crippen LogP contribution in [0.15, 0.2) is 30.9 Å². The Morgan fingerprint density at radius 3 is 2.53 bits per heavy atom. The van der Waals surface area contributed by atoms with Gasteiger partial charge < -0.3 is 9.47 Å². The Kier molecular flexibility index (Phi) is 5.80. The fraction of sp³-hybridized carbons (Fsp3) is 0.529. The molecule has 1 heterocycles. The molecule has 1 aliphatic rings. The second-order valence-corrected chi connectivity index (χ2v) is 5.07. The average molecular weight is 260 g/mol. The number of hydrogen-bond acceptors (Lipinski definition) is 2. The molecule has 1 aliphatic heterocycles. The fourth-order valence-corrected chi connectivity index (χ4v) is 2.39. The van der Waals surface area contributed by atoms with E-state index in [0.29, 0.717) is 13.2 Å². The largest absolute Gasteiger partial charge is 0.486 e. The van der Waals surface area contributed by atoms with E-state index in [1.165, 1.54) is 37.7 Å². The van der Waals surface area contributed by atoms with Crippen molar-refractivity contribution in [2.24, 2.45) is 0 Å². The Bertz CT molecular complexity index is 398. The molecule has 0 N–H and O–H groups in total. The number of allylic oxidation sites excluding steroid dienone is 1. The van der Waals surface area contributed by atoms with E-state index in [2.05, 4.69) is 18.7 Å². The first-order valence-corrected chi connectivity index (χ1v) is 7.39. The van der Waals surface area contributed by atoms with Gasteiger partial charge in [0.2, 0.25) is 0 Å². The Balaban J connectivity index is 1.67. The summed E-state index contributed by atoms with van der Waals surface area (Å²) in [4.78, 5) is 0. The fourth-order valence-electron chi connectivity index (χ4n) is 2.39. The van der Waals surface area contributed by atoms with Crippen molar-refractivity contribution in [2.75, 3.05) is 13.2 Å². The smallest absolute Gasteiger partial charge is 0.161 e. The summed E-state index contributed by atoms with van der Waals surface area (Å²) in [6, 6.07) is 6.32. The molecule has 0 amide bonds. The number of rotatable bonds is 8. The lowest BCUT2D eigenvalue weighted by molar-refractivity contribution is 0.171. The molecular formula is C17H24O2. The second-order valence-electron chi connectivity index (χ2n) is 5.07. The van der Waals surface area contributed by atoms with Gasteiger partial charge in [-0.1, -0.05) is 31.4 Å². The minimum atomic E-state index is 0.664. The molecule has 0 unspecified atom stereocenters. The monoisotopic (exact) mass is 260 g/mol. The lowest BCUT2D eigenvalue weighted by Gasteiger charge is -2.18. The van der Waals surface area contributed by atoms with E-state index in [0.717, 1.165) is 24.3 Å². The van der Waals surface area contributed by atoms with E-state index in [1.54, 1.807) is 0 Å². The van der Waals surface area contributed by atoms with E-state index in [-0.39, 0.29) is 0 Å². The van der Waals surface area contributed by atoms with Crippen molar-refractivity contribution in [1.29, 1.82) is 0 Å². The van der Waals surface area contributed by atoms with Crippen LogP contribution >= 0.6 is 0 Å². The van der Waals surface area contributed by atoms with Crippen LogP contribution in [0.5, 0.6) is 11.5 Å². The van der Waals surface area contributed by atoms with E-state index in [9.17, 15) is 0 Å².